The molecule has 6 nitrogen and oxygen atoms in total. The van der Waals surface area contributed by atoms with E-state index in [-0.39, 0.29) is 5.11 Å². The van der Waals surface area contributed by atoms with Crippen LogP contribution in [-0.2, 0) is 0 Å². The van der Waals surface area contributed by atoms with Crippen LogP contribution in [0.25, 0.3) is 11.4 Å². The molecule has 0 saturated carbocycles. The Bertz CT molecular complexity index is 537. The van der Waals surface area contributed by atoms with Gasteiger partial charge >= 0.3 is 0 Å². The second-order valence-electron chi connectivity index (χ2n) is 3.11. The minimum Gasteiger partial charge on any atom is -0.375 e. The third kappa shape index (κ3) is 3.08. The molecule has 0 radical (unpaired) electrons. The zero-order valence-electron chi connectivity index (χ0n) is 8.70. The summed E-state index contributed by atoms with van der Waals surface area (Å²) in [6.07, 6.45) is 2.88. The van der Waals surface area contributed by atoms with E-state index in [0.29, 0.717) is 5.82 Å². The van der Waals surface area contributed by atoms with E-state index in [2.05, 4.69) is 37.4 Å². The van der Waals surface area contributed by atoms with Crippen LogP contribution < -0.4 is 11.2 Å². The van der Waals surface area contributed by atoms with E-state index in [4.69, 9.17) is 5.73 Å². The normalized spacial score (nSPS) is 10.6. The van der Waals surface area contributed by atoms with Gasteiger partial charge in [-0.1, -0.05) is 23.4 Å². The quantitative estimate of drug-likeness (QED) is 0.476. The number of thiocarbonyl (C=S) groups is 1. The Hall–Kier alpha value is -2.28. The van der Waals surface area contributed by atoms with E-state index in [1.54, 1.807) is 6.21 Å². The van der Waals surface area contributed by atoms with Gasteiger partial charge in [0.2, 0.25) is 12.2 Å². The molecule has 3 N–H and O–H groups in total. The highest BCUT2D eigenvalue weighted by Gasteiger charge is 2.02. The number of hydrogen-bond donors (Lipinski definition) is 2. The zero-order valence-corrected chi connectivity index (χ0v) is 9.52. The molecule has 2 aromatic rings. The maximum Gasteiger partial charge on any atom is 0.214 e. The van der Waals surface area contributed by atoms with Crippen molar-refractivity contribution in [1.29, 1.82) is 0 Å². The molecular formula is C10H9N5OS. The Morgan fingerprint density at radius 3 is 3.12 bits per heavy atom. The Kier molecular flexibility index (Phi) is 3.41. The molecule has 0 fully saturated rings. The fourth-order valence-electron chi connectivity index (χ4n) is 1.23. The Morgan fingerprint density at radius 2 is 2.41 bits per heavy atom. The first kappa shape index (κ1) is 11.2. The van der Waals surface area contributed by atoms with Crippen LogP contribution >= 0.6 is 12.2 Å². The summed E-state index contributed by atoms with van der Waals surface area (Å²) in [5.74, 6) is 0.530. The van der Waals surface area contributed by atoms with Gasteiger partial charge in [0.15, 0.2) is 5.11 Å². The van der Waals surface area contributed by atoms with Crippen molar-refractivity contribution in [2.75, 3.05) is 0 Å². The number of nitrogens with two attached hydrogens (primary N) is 1. The smallest absolute Gasteiger partial charge is 0.214 e. The number of benzene rings is 1. The van der Waals surface area contributed by atoms with E-state index in [0.717, 1.165) is 11.1 Å². The van der Waals surface area contributed by atoms with E-state index < -0.39 is 0 Å². The second-order valence-corrected chi connectivity index (χ2v) is 3.55. The molecule has 1 aromatic carbocycles. The average molecular weight is 247 g/mol. The monoisotopic (exact) mass is 247 g/mol. The molecule has 0 aliphatic carbocycles. The summed E-state index contributed by atoms with van der Waals surface area (Å²) in [7, 11) is 0. The van der Waals surface area contributed by atoms with E-state index in [1.165, 1.54) is 6.39 Å². The number of hydrazone groups is 1. The molecular weight excluding hydrogens is 238 g/mol. The largest absolute Gasteiger partial charge is 0.375 e. The molecule has 1 heterocycles. The SMILES string of the molecule is NC(=S)NN=Cc1cccc(-c2ncon2)c1. The van der Waals surface area contributed by atoms with Gasteiger partial charge < -0.3 is 10.3 Å². The first-order valence-corrected chi connectivity index (χ1v) is 5.12. The van der Waals surface area contributed by atoms with Crippen molar-refractivity contribution in [3.63, 3.8) is 0 Å². The van der Waals surface area contributed by atoms with Crippen molar-refractivity contribution < 1.29 is 4.52 Å². The fourth-order valence-corrected chi connectivity index (χ4v) is 1.28. The lowest BCUT2D eigenvalue weighted by atomic mass is 10.1. The molecule has 0 aliphatic rings. The summed E-state index contributed by atoms with van der Waals surface area (Å²) in [6.45, 7) is 0. The van der Waals surface area contributed by atoms with Gasteiger partial charge in [-0.25, -0.2) is 0 Å². The number of aromatic nitrogens is 2. The molecule has 17 heavy (non-hydrogen) atoms. The lowest BCUT2D eigenvalue weighted by molar-refractivity contribution is 0.419. The standard InChI is InChI=1S/C10H9N5OS/c11-10(17)14-13-5-7-2-1-3-8(4-7)9-12-6-16-15-9/h1-6H,(H3,11,14,17). The summed E-state index contributed by atoms with van der Waals surface area (Å²) in [6, 6.07) is 7.50. The van der Waals surface area contributed by atoms with Crippen molar-refractivity contribution in [1.82, 2.24) is 15.6 Å². The van der Waals surface area contributed by atoms with Crippen LogP contribution in [0.4, 0.5) is 0 Å². The minimum absolute atomic E-state index is 0.121. The Balaban J connectivity index is 2.17. The van der Waals surface area contributed by atoms with Gasteiger partial charge in [0.05, 0.1) is 6.21 Å². The molecule has 0 amide bonds. The molecule has 0 unspecified atom stereocenters. The van der Waals surface area contributed by atoms with E-state index >= 15 is 0 Å². The number of hydrogen-bond acceptors (Lipinski definition) is 5. The molecule has 0 saturated heterocycles. The van der Waals surface area contributed by atoms with Crippen LogP contribution in [0.5, 0.6) is 0 Å². The highest BCUT2D eigenvalue weighted by molar-refractivity contribution is 7.80. The van der Waals surface area contributed by atoms with E-state index in [1.807, 2.05) is 24.3 Å². The van der Waals surface area contributed by atoms with Crippen molar-refractivity contribution in [3.05, 3.63) is 36.2 Å². The average Bonchev–Trinajstić information content (AvgIpc) is 2.82. The molecule has 86 valence electrons. The van der Waals surface area contributed by atoms with Crippen LogP contribution in [0.1, 0.15) is 5.56 Å². The van der Waals surface area contributed by atoms with Crippen LogP contribution in [0, 0.1) is 0 Å². The van der Waals surface area contributed by atoms with Crippen LogP contribution in [0.3, 0.4) is 0 Å². The second kappa shape index (κ2) is 5.17. The van der Waals surface area contributed by atoms with Gasteiger partial charge in [-0.15, -0.1) is 0 Å². The van der Waals surface area contributed by atoms with Crippen LogP contribution in [-0.4, -0.2) is 21.5 Å². The molecule has 0 spiro atoms. The van der Waals surface area contributed by atoms with Crippen molar-refractivity contribution >= 4 is 23.5 Å². The predicted molar refractivity (Wildman–Crippen MR) is 67.2 cm³/mol. The van der Waals surface area contributed by atoms with Gasteiger partial charge in [-0.2, -0.15) is 10.1 Å². The van der Waals surface area contributed by atoms with E-state index in [9.17, 15) is 0 Å². The highest BCUT2D eigenvalue weighted by Crippen LogP contribution is 2.14. The minimum atomic E-state index is 0.121. The Labute approximate surface area is 103 Å². The fraction of sp³-hybridized carbons (Fsp3) is 0. The predicted octanol–water partition coefficient (Wildman–Crippen LogP) is 0.904. The lowest BCUT2D eigenvalue weighted by Crippen LogP contribution is -2.23. The number of nitrogens with one attached hydrogen (secondary N) is 1. The maximum absolute atomic E-state index is 5.24. The molecule has 0 aliphatic heterocycles. The van der Waals surface area contributed by atoms with Crippen molar-refractivity contribution in [2.45, 2.75) is 0 Å². The number of nitrogens with zero attached hydrogens (tertiary/aromatic N) is 3. The molecule has 0 bridgehead atoms. The molecule has 7 heteroatoms. The van der Waals surface area contributed by atoms with Gasteiger partial charge in [0.1, 0.15) is 0 Å². The maximum atomic E-state index is 5.24. The summed E-state index contributed by atoms with van der Waals surface area (Å²) in [5.41, 5.74) is 9.43. The first-order chi connectivity index (χ1) is 8.25. The Morgan fingerprint density at radius 1 is 1.53 bits per heavy atom. The highest BCUT2D eigenvalue weighted by atomic mass is 32.1. The van der Waals surface area contributed by atoms with Gasteiger partial charge in [0, 0.05) is 5.56 Å². The van der Waals surface area contributed by atoms with Crippen molar-refractivity contribution in [3.8, 4) is 11.4 Å². The summed E-state index contributed by atoms with van der Waals surface area (Å²) < 4.78 is 4.68. The third-order valence-corrected chi connectivity index (χ3v) is 1.99. The van der Waals surface area contributed by atoms with Crippen LogP contribution in [0.2, 0.25) is 0 Å². The van der Waals surface area contributed by atoms with Gasteiger partial charge in [0.25, 0.3) is 0 Å². The summed E-state index contributed by atoms with van der Waals surface area (Å²) in [5, 5.41) is 7.73. The summed E-state index contributed by atoms with van der Waals surface area (Å²) >= 11 is 4.62. The summed E-state index contributed by atoms with van der Waals surface area (Å²) in [4.78, 5) is 3.96. The zero-order chi connectivity index (χ0) is 12.1. The third-order valence-electron chi connectivity index (χ3n) is 1.89. The first-order valence-electron chi connectivity index (χ1n) is 4.71. The molecule has 1 aromatic heterocycles. The molecule has 2 rings (SSSR count). The van der Waals surface area contributed by atoms with Crippen molar-refractivity contribution in [2.24, 2.45) is 10.8 Å². The van der Waals surface area contributed by atoms with Gasteiger partial charge in [-0.3, -0.25) is 5.43 Å². The van der Waals surface area contributed by atoms with Crippen LogP contribution in [0.15, 0.2) is 40.3 Å². The lowest BCUT2D eigenvalue weighted by Gasteiger charge is -1.97. The molecule has 0 atom stereocenters. The number of rotatable bonds is 3. The topological polar surface area (TPSA) is 89.3 Å². The van der Waals surface area contributed by atoms with Gasteiger partial charge in [-0.05, 0) is 23.8 Å².